The van der Waals surface area contributed by atoms with E-state index in [2.05, 4.69) is 12.0 Å². The second-order valence-electron chi connectivity index (χ2n) is 8.31. The molecule has 8 heteroatoms. The lowest BCUT2D eigenvalue weighted by Crippen LogP contribution is -2.47. The summed E-state index contributed by atoms with van der Waals surface area (Å²) >= 11 is 1.40. The average Bonchev–Trinajstić information content (AvgIpc) is 3.14. The molecule has 31 heavy (non-hydrogen) atoms. The average molecular weight is 438 g/mol. The lowest BCUT2D eigenvalue weighted by Gasteiger charge is -2.34. The van der Waals surface area contributed by atoms with Crippen LogP contribution in [0.15, 0.2) is 64.7 Å². The number of rotatable bonds is 5. The molecule has 2 aromatic rings. The molecular formula is C23H22FN4O2S+. The van der Waals surface area contributed by atoms with Crippen molar-refractivity contribution in [1.82, 2.24) is 0 Å². The molecule has 0 aliphatic carbocycles. The Morgan fingerprint density at radius 3 is 2.74 bits per heavy atom. The van der Waals surface area contributed by atoms with E-state index in [1.54, 1.807) is 11.0 Å². The fourth-order valence-corrected chi connectivity index (χ4v) is 4.78. The van der Waals surface area contributed by atoms with E-state index in [0.717, 1.165) is 11.3 Å². The molecule has 1 fully saturated rings. The van der Waals surface area contributed by atoms with Crippen molar-refractivity contribution in [3.05, 3.63) is 66.0 Å². The number of fused-ring (bicyclic) bond motifs is 1. The lowest BCUT2D eigenvalue weighted by molar-refractivity contribution is -0.548. The van der Waals surface area contributed by atoms with Crippen LogP contribution in [0, 0.1) is 17.2 Å². The highest BCUT2D eigenvalue weighted by atomic mass is 32.2. The number of anilines is 1. The molecule has 0 spiro atoms. The Balaban J connectivity index is 1.45. The molecule has 0 N–H and O–H groups in total. The number of amidine groups is 2. The fraction of sp³-hybridized carbons (Fsp3) is 0.304. The molecule has 1 unspecified atom stereocenters. The van der Waals surface area contributed by atoms with Gasteiger partial charge in [0, 0.05) is 10.9 Å². The molecule has 5 rings (SSSR count). The zero-order valence-electron chi connectivity index (χ0n) is 17.1. The van der Waals surface area contributed by atoms with Crippen LogP contribution < -0.4 is 4.90 Å². The summed E-state index contributed by atoms with van der Waals surface area (Å²) in [6.07, 6.45) is 1.86. The van der Waals surface area contributed by atoms with Gasteiger partial charge in [0.25, 0.3) is 5.91 Å². The Labute approximate surface area is 184 Å². The SMILES string of the molecule is CC1(C[N+]2=CC3C(=O)N(c4ccccc4)C(SCc4cccc(F)c4)=NC3=N2)COC1. The van der Waals surface area contributed by atoms with Crippen LogP contribution in [0.2, 0.25) is 0 Å². The first-order valence-corrected chi connectivity index (χ1v) is 11.1. The summed E-state index contributed by atoms with van der Waals surface area (Å²) < 4.78 is 20.8. The standard InChI is InChI=1S/C23H22FN4O2S/c1-23(14-30-15-23)13-27-11-19-20(26-27)25-22(31-12-16-6-5-7-17(24)10-16)28(21(19)29)18-8-3-2-4-9-18/h2-11,19H,12-15H2,1H3/q+1. The van der Waals surface area contributed by atoms with Crippen molar-refractivity contribution in [2.24, 2.45) is 21.4 Å². The van der Waals surface area contributed by atoms with E-state index >= 15 is 0 Å². The molecular weight excluding hydrogens is 415 g/mol. The number of halogens is 1. The smallest absolute Gasteiger partial charge is 0.254 e. The second-order valence-corrected chi connectivity index (χ2v) is 9.25. The van der Waals surface area contributed by atoms with Crippen LogP contribution in [0.25, 0.3) is 0 Å². The quantitative estimate of drug-likeness (QED) is 0.673. The van der Waals surface area contributed by atoms with E-state index in [-0.39, 0.29) is 17.1 Å². The Kier molecular flexibility index (Phi) is 5.19. The van der Waals surface area contributed by atoms with Crippen molar-refractivity contribution < 1.29 is 18.6 Å². The molecule has 6 nitrogen and oxygen atoms in total. The predicted molar refractivity (Wildman–Crippen MR) is 120 cm³/mol. The van der Waals surface area contributed by atoms with Gasteiger partial charge in [0.15, 0.2) is 23.8 Å². The van der Waals surface area contributed by atoms with Gasteiger partial charge in [0.05, 0.1) is 24.3 Å². The summed E-state index contributed by atoms with van der Waals surface area (Å²) in [7, 11) is 0. The van der Waals surface area contributed by atoms with Crippen LogP contribution in [-0.4, -0.2) is 47.6 Å². The van der Waals surface area contributed by atoms with E-state index in [1.807, 2.05) is 47.3 Å². The zero-order chi connectivity index (χ0) is 21.4. The first-order chi connectivity index (χ1) is 15.0. The minimum atomic E-state index is -0.511. The van der Waals surface area contributed by atoms with Gasteiger partial charge in [-0.05, 0) is 36.8 Å². The summed E-state index contributed by atoms with van der Waals surface area (Å²) in [5.74, 6) is 0.123. The molecule has 3 aliphatic rings. The van der Waals surface area contributed by atoms with E-state index in [1.165, 1.54) is 23.9 Å². The van der Waals surface area contributed by atoms with Crippen molar-refractivity contribution >= 4 is 40.6 Å². The maximum Gasteiger partial charge on any atom is 0.254 e. The summed E-state index contributed by atoms with van der Waals surface area (Å²) in [6, 6.07) is 15.9. The minimum absolute atomic E-state index is 0.0366. The highest BCUT2D eigenvalue weighted by molar-refractivity contribution is 8.13. The highest BCUT2D eigenvalue weighted by Gasteiger charge is 2.46. The number of amides is 1. The molecule has 1 atom stereocenters. The van der Waals surface area contributed by atoms with Gasteiger partial charge in [0.1, 0.15) is 5.82 Å². The van der Waals surface area contributed by atoms with Gasteiger partial charge in [-0.25, -0.2) is 9.38 Å². The zero-order valence-corrected chi connectivity index (χ0v) is 17.9. The second kappa shape index (κ2) is 8.01. The van der Waals surface area contributed by atoms with Crippen LogP contribution >= 0.6 is 11.8 Å². The lowest BCUT2D eigenvalue weighted by atomic mass is 9.89. The first kappa shape index (κ1) is 20.1. The number of hydrogen-bond donors (Lipinski definition) is 0. The molecule has 3 aliphatic heterocycles. The van der Waals surface area contributed by atoms with Crippen LogP contribution in [0.3, 0.4) is 0 Å². The molecule has 3 heterocycles. The van der Waals surface area contributed by atoms with Gasteiger partial charge in [-0.1, -0.05) is 46.8 Å². The fourth-order valence-electron chi connectivity index (χ4n) is 3.82. The molecule has 0 radical (unpaired) electrons. The monoisotopic (exact) mass is 437 g/mol. The number of carbonyl (C=O) groups excluding carboxylic acids is 1. The Hall–Kier alpha value is -2.84. The van der Waals surface area contributed by atoms with E-state index in [9.17, 15) is 9.18 Å². The van der Waals surface area contributed by atoms with E-state index in [0.29, 0.717) is 36.5 Å². The molecule has 2 aromatic carbocycles. The Morgan fingerprint density at radius 2 is 2.03 bits per heavy atom. The number of nitrogens with zero attached hydrogens (tertiary/aromatic N) is 4. The van der Waals surface area contributed by atoms with Crippen LogP contribution in [0.5, 0.6) is 0 Å². The molecule has 0 bridgehead atoms. The first-order valence-electron chi connectivity index (χ1n) is 10.1. The number of hydrogen-bond acceptors (Lipinski definition) is 5. The van der Waals surface area contributed by atoms with Gasteiger partial charge >= 0.3 is 0 Å². The molecule has 1 saturated heterocycles. The van der Waals surface area contributed by atoms with Crippen molar-refractivity contribution in [1.29, 1.82) is 0 Å². The third kappa shape index (κ3) is 4.05. The van der Waals surface area contributed by atoms with Crippen LogP contribution in [0.1, 0.15) is 12.5 Å². The van der Waals surface area contributed by atoms with Gasteiger partial charge in [0.2, 0.25) is 5.84 Å². The van der Waals surface area contributed by atoms with Gasteiger partial charge in [-0.15, -0.1) is 0 Å². The predicted octanol–water partition coefficient (Wildman–Crippen LogP) is 3.52. The summed E-state index contributed by atoms with van der Waals surface area (Å²) in [4.78, 5) is 19.9. The Bertz CT molecular complexity index is 1110. The van der Waals surface area contributed by atoms with Crippen molar-refractivity contribution in [2.75, 3.05) is 24.7 Å². The number of ether oxygens (including phenoxy) is 1. The van der Waals surface area contributed by atoms with Crippen molar-refractivity contribution in [3.63, 3.8) is 0 Å². The highest BCUT2D eigenvalue weighted by Crippen LogP contribution is 2.31. The van der Waals surface area contributed by atoms with Crippen LogP contribution in [0.4, 0.5) is 10.1 Å². The molecule has 0 aromatic heterocycles. The minimum Gasteiger partial charge on any atom is -0.380 e. The van der Waals surface area contributed by atoms with Crippen LogP contribution in [-0.2, 0) is 15.3 Å². The number of aliphatic imine (C=N–C) groups is 1. The summed E-state index contributed by atoms with van der Waals surface area (Å²) in [6.45, 7) is 4.21. The van der Waals surface area contributed by atoms with Crippen molar-refractivity contribution in [2.45, 2.75) is 12.7 Å². The van der Waals surface area contributed by atoms with Gasteiger partial charge in [-0.2, -0.15) is 0 Å². The number of benzene rings is 2. The Morgan fingerprint density at radius 1 is 1.23 bits per heavy atom. The third-order valence-corrected chi connectivity index (χ3v) is 6.44. The summed E-state index contributed by atoms with van der Waals surface area (Å²) in [5, 5.41) is 5.15. The van der Waals surface area contributed by atoms with E-state index < -0.39 is 5.92 Å². The third-order valence-electron chi connectivity index (χ3n) is 5.43. The normalized spacial score (nSPS) is 21.7. The van der Waals surface area contributed by atoms with E-state index in [4.69, 9.17) is 9.73 Å². The molecule has 158 valence electrons. The maximum atomic E-state index is 13.6. The number of para-hydroxylation sites is 1. The molecule has 1 amide bonds. The topological polar surface area (TPSA) is 57.3 Å². The van der Waals surface area contributed by atoms with Gasteiger partial charge in [-0.3, -0.25) is 9.69 Å². The maximum absolute atomic E-state index is 13.6. The van der Waals surface area contributed by atoms with Crippen molar-refractivity contribution in [3.8, 4) is 0 Å². The summed E-state index contributed by atoms with van der Waals surface area (Å²) in [5.41, 5.74) is 1.62. The molecule has 0 saturated carbocycles. The number of thioether (sulfide) groups is 1. The largest absolute Gasteiger partial charge is 0.380 e. The number of carbonyl (C=O) groups is 1. The number of hydrazone groups is 1. The van der Waals surface area contributed by atoms with Gasteiger partial charge < -0.3 is 4.74 Å².